The van der Waals surface area contributed by atoms with Crippen molar-refractivity contribution in [3.05, 3.63) is 0 Å². The standard InChI is InChI=1S/C14H26N2O/c1-4-12-6-7-13(11-15)14(10-12)16(3)8-9-17-5-2/h12-14H,4-10H2,1-3H3. The maximum absolute atomic E-state index is 9.23. The second kappa shape index (κ2) is 7.68. The van der Waals surface area contributed by atoms with Gasteiger partial charge in [-0.1, -0.05) is 13.3 Å². The number of hydrogen-bond acceptors (Lipinski definition) is 3. The molecule has 1 rings (SSSR count). The maximum atomic E-state index is 9.23. The van der Waals surface area contributed by atoms with E-state index in [-0.39, 0.29) is 5.92 Å². The van der Waals surface area contributed by atoms with Crippen LogP contribution >= 0.6 is 0 Å². The Bertz CT molecular complexity index is 249. The van der Waals surface area contributed by atoms with Gasteiger partial charge in [0.05, 0.1) is 18.6 Å². The second-order valence-electron chi connectivity index (χ2n) is 5.07. The van der Waals surface area contributed by atoms with E-state index in [1.54, 1.807) is 0 Å². The normalized spacial score (nSPS) is 29.2. The van der Waals surface area contributed by atoms with Gasteiger partial charge >= 0.3 is 0 Å². The fourth-order valence-corrected chi connectivity index (χ4v) is 2.76. The van der Waals surface area contributed by atoms with Gasteiger partial charge in [-0.2, -0.15) is 5.26 Å². The molecule has 0 aromatic heterocycles. The molecule has 3 nitrogen and oxygen atoms in total. The van der Waals surface area contributed by atoms with Crippen LogP contribution in [-0.2, 0) is 4.74 Å². The van der Waals surface area contributed by atoms with Crippen molar-refractivity contribution >= 4 is 0 Å². The summed E-state index contributed by atoms with van der Waals surface area (Å²) in [4.78, 5) is 2.32. The highest BCUT2D eigenvalue weighted by molar-refractivity contribution is 4.96. The molecular weight excluding hydrogens is 212 g/mol. The summed E-state index contributed by atoms with van der Waals surface area (Å²) in [5.41, 5.74) is 0. The smallest absolute Gasteiger partial charge is 0.0672 e. The summed E-state index contributed by atoms with van der Waals surface area (Å²) in [5.74, 6) is 1.02. The minimum Gasteiger partial charge on any atom is -0.380 e. The molecule has 0 aliphatic heterocycles. The summed E-state index contributed by atoms with van der Waals surface area (Å²) < 4.78 is 5.39. The van der Waals surface area contributed by atoms with E-state index in [2.05, 4.69) is 24.9 Å². The van der Waals surface area contributed by atoms with Crippen molar-refractivity contribution < 1.29 is 4.74 Å². The molecule has 0 bridgehead atoms. The fourth-order valence-electron chi connectivity index (χ4n) is 2.76. The molecule has 3 unspecified atom stereocenters. The summed E-state index contributed by atoms with van der Waals surface area (Å²) in [6, 6.07) is 2.92. The Morgan fingerprint density at radius 2 is 2.12 bits per heavy atom. The van der Waals surface area contributed by atoms with E-state index in [0.29, 0.717) is 6.04 Å². The van der Waals surface area contributed by atoms with E-state index in [4.69, 9.17) is 4.74 Å². The third kappa shape index (κ3) is 4.29. The predicted octanol–water partition coefficient (Wildman–Crippen LogP) is 2.67. The van der Waals surface area contributed by atoms with Crippen molar-refractivity contribution in [2.45, 2.75) is 45.6 Å². The molecule has 0 aromatic rings. The topological polar surface area (TPSA) is 36.3 Å². The largest absolute Gasteiger partial charge is 0.380 e. The average Bonchev–Trinajstić information content (AvgIpc) is 2.38. The van der Waals surface area contributed by atoms with Gasteiger partial charge < -0.3 is 4.74 Å². The van der Waals surface area contributed by atoms with Gasteiger partial charge in [-0.15, -0.1) is 0 Å². The number of ether oxygens (including phenoxy) is 1. The van der Waals surface area contributed by atoms with Gasteiger partial charge in [0.25, 0.3) is 0 Å². The Morgan fingerprint density at radius 3 is 2.71 bits per heavy atom. The SMILES string of the molecule is CCOCCN(C)C1CC(CC)CCC1C#N. The lowest BCUT2D eigenvalue weighted by atomic mass is 9.77. The van der Waals surface area contributed by atoms with Crippen LogP contribution < -0.4 is 0 Å². The number of likely N-dealkylation sites (N-methyl/N-ethyl adjacent to an activating group) is 1. The Hall–Kier alpha value is -0.590. The molecule has 0 aromatic carbocycles. The third-order valence-electron chi connectivity index (χ3n) is 4.03. The first kappa shape index (κ1) is 14.5. The quantitative estimate of drug-likeness (QED) is 0.667. The summed E-state index contributed by atoms with van der Waals surface area (Å²) in [7, 11) is 2.13. The van der Waals surface area contributed by atoms with Gasteiger partial charge in [0, 0.05) is 19.2 Å². The van der Waals surface area contributed by atoms with E-state index < -0.39 is 0 Å². The summed E-state index contributed by atoms with van der Waals surface area (Å²) >= 11 is 0. The van der Waals surface area contributed by atoms with E-state index in [1.165, 1.54) is 19.3 Å². The van der Waals surface area contributed by atoms with Crippen LogP contribution in [0.3, 0.4) is 0 Å². The molecule has 1 aliphatic rings. The predicted molar refractivity (Wildman–Crippen MR) is 69.6 cm³/mol. The Balaban J connectivity index is 2.47. The van der Waals surface area contributed by atoms with Crippen LogP contribution in [0.1, 0.15) is 39.5 Å². The number of nitrogens with zero attached hydrogens (tertiary/aromatic N) is 2. The molecule has 0 radical (unpaired) electrons. The van der Waals surface area contributed by atoms with Crippen LogP contribution in [0.5, 0.6) is 0 Å². The van der Waals surface area contributed by atoms with Crippen molar-refractivity contribution in [3.63, 3.8) is 0 Å². The van der Waals surface area contributed by atoms with Crippen molar-refractivity contribution in [3.8, 4) is 6.07 Å². The number of hydrogen-bond donors (Lipinski definition) is 0. The molecule has 0 spiro atoms. The summed E-state index contributed by atoms with van der Waals surface area (Å²) in [6.45, 7) is 6.77. The fraction of sp³-hybridized carbons (Fsp3) is 0.929. The summed E-state index contributed by atoms with van der Waals surface area (Å²) in [5, 5.41) is 9.23. The first-order valence-corrected chi connectivity index (χ1v) is 6.90. The molecule has 3 heteroatoms. The van der Waals surface area contributed by atoms with E-state index in [1.807, 2.05) is 6.92 Å². The van der Waals surface area contributed by atoms with Crippen molar-refractivity contribution in [1.82, 2.24) is 4.90 Å². The third-order valence-corrected chi connectivity index (χ3v) is 4.03. The monoisotopic (exact) mass is 238 g/mol. The number of rotatable bonds is 6. The molecular formula is C14H26N2O. The van der Waals surface area contributed by atoms with Crippen molar-refractivity contribution in [2.24, 2.45) is 11.8 Å². The summed E-state index contributed by atoms with van der Waals surface area (Å²) in [6.07, 6.45) is 4.72. The van der Waals surface area contributed by atoms with E-state index in [9.17, 15) is 5.26 Å². The zero-order chi connectivity index (χ0) is 12.7. The van der Waals surface area contributed by atoms with Gasteiger partial charge in [-0.25, -0.2) is 0 Å². The molecule has 3 atom stereocenters. The van der Waals surface area contributed by atoms with Gasteiger partial charge in [0.2, 0.25) is 0 Å². The van der Waals surface area contributed by atoms with Crippen LogP contribution in [0.4, 0.5) is 0 Å². The van der Waals surface area contributed by atoms with Gasteiger partial charge in [0.15, 0.2) is 0 Å². The number of nitriles is 1. The molecule has 17 heavy (non-hydrogen) atoms. The van der Waals surface area contributed by atoms with E-state index >= 15 is 0 Å². The first-order chi connectivity index (χ1) is 8.22. The zero-order valence-corrected chi connectivity index (χ0v) is 11.5. The second-order valence-corrected chi connectivity index (χ2v) is 5.07. The van der Waals surface area contributed by atoms with E-state index in [0.717, 1.165) is 32.1 Å². The minimum absolute atomic E-state index is 0.212. The molecule has 0 saturated heterocycles. The van der Waals surface area contributed by atoms with Crippen LogP contribution in [0.2, 0.25) is 0 Å². The Labute approximate surface area is 106 Å². The molecule has 0 amide bonds. The van der Waals surface area contributed by atoms with Gasteiger partial charge in [-0.05, 0) is 39.2 Å². The lowest BCUT2D eigenvalue weighted by Crippen LogP contribution is -2.43. The van der Waals surface area contributed by atoms with Crippen molar-refractivity contribution in [2.75, 3.05) is 26.8 Å². The van der Waals surface area contributed by atoms with Gasteiger partial charge in [-0.3, -0.25) is 4.90 Å². The Kier molecular flexibility index (Phi) is 6.54. The average molecular weight is 238 g/mol. The minimum atomic E-state index is 0.212. The van der Waals surface area contributed by atoms with Crippen LogP contribution in [0.25, 0.3) is 0 Å². The van der Waals surface area contributed by atoms with Crippen LogP contribution in [-0.4, -0.2) is 37.7 Å². The molecule has 1 aliphatic carbocycles. The highest BCUT2D eigenvalue weighted by Crippen LogP contribution is 2.33. The van der Waals surface area contributed by atoms with Crippen LogP contribution in [0.15, 0.2) is 0 Å². The lowest BCUT2D eigenvalue weighted by Gasteiger charge is -2.38. The molecule has 1 saturated carbocycles. The van der Waals surface area contributed by atoms with Crippen molar-refractivity contribution in [1.29, 1.82) is 5.26 Å². The highest BCUT2D eigenvalue weighted by Gasteiger charge is 2.32. The molecule has 0 N–H and O–H groups in total. The molecule has 98 valence electrons. The molecule has 1 fully saturated rings. The Morgan fingerprint density at radius 1 is 1.35 bits per heavy atom. The maximum Gasteiger partial charge on any atom is 0.0672 e. The highest BCUT2D eigenvalue weighted by atomic mass is 16.5. The zero-order valence-electron chi connectivity index (χ0n) is 11.5. The van der Waals surface area contributed by atoms with Gasteiger partial charge in [0.1, 0.15) is 0 Å². The first-order valence-electron chi connectivity index (χ1n) is 6.90. The lowest BCUT2D eigenvalue weighted by molar-refractivity contribution is 0.0745. The van der Waals surface area contributed by atoms with Crippen LogP contribution in [0, 0.1) is 23.2 Å². The molecule has 0 heterocycles.